The van der Waals surface area contributed by atoms with Gasteiger partial charge in [-0.05, 0) is 50.8 Å². The van der Waals surface area contributed by atoms with Crippen LogP contribution in [0.1, 0.15) is 31.2 Å². The third-order valence-electron chi connectivity index (χ3n) is 4.94. The van der Waals surface area contributed by atoms with Gasteiger partial charge in [0.15, 0.2) is 0 Å². The van der Waals surface area contributed by atoms with Crippen LogP contribution in [0.25, 0.3) is 0 Å². The highest BCUT2D eigenvalue weighted by molar-refractivity contribution is 6.35. The lowest BCUT2D eigenvalue weighted by Crippen LogP contribution is -2.42. The zero-order valence-corrected chi connectivity index (χ0v) is 18.3. The highest BCUT2D eigenvalue weighted by Crippen LogP contribution is 2.26. The molecule has 0 saturated heterocycles. The Morgan fingerprint density at radius 1 is 1.14 bits per heavy atom. The second-order valence-corrected chi connectivity index (χ2v) is 8.35. The molecule has 1 saturated carbocycles. The highest BCUT2D eigenvalue weighted by Gasteiger charge is 2.23. The minimum Gasteiger partial charge on any atom is -0.362 e. The molecule has 1 aromatic heterocycles. The topological polar surface area (TPSA) is 82.2 Å². The van der Waals surface area contributed by atoms with Crippen molar-refractivity contribution in [3.8, 4) is 0 Å². The van der Waals surface area contributed by atoms with Crippen molar-refractivity contribution in [3.05, 3.63) is 40.0 Å². The summed E-state index contributed by atoms with van der Waals surface area (Å²) in [6.45, 7) is 2.00. The van der Waals surface area contributed by atoms with Crippen LogP contribution in [0.5, 0.6) is 0 Å². The van der Waals surface area contributed by atoms with E-state index in [9.17, 15) is 4.79 Å². The van der Waals surface area contributed by atoms with Crippen molar-refractivity contribution in [1.29, 1.82) is 0 Å². The fraction of sp³-hybridized carbons (Fsp3) is 0.450. The predicted molar refractivity (Wildman–Crippen MR) is 119 cm³/mol. The molecule has 2 amide bonds. The average molecular weight is 437 g/mol. The summed E-state index contributed by atoms with van der Waals surface area (Å²) in [4.78, 5) is 23.3. The number of carbonyl (C=O) groups is 1. The first kappa shape index (κ1) is 21.5. The van der Waals surface area contributed by atoms with Gasteiger partial charge < -0.3 is 20.9 Å². The van der Waals surface area contributed by atoms with E-state index in [0.29, 0.717) is 21.7 Å². The highest BCUT2D eigenvalue weighted by atomic mass is 35.5. The van der Waals surface area contributed by atoms with E-state index in [1.165, 1.54) is 0 Å². The van der Waals surface area contributed by atoms with Crippen LogP contribution in [-0.4, -0.2) is 42.2 Å². The molecule has 0 spiro atoms. The summed E-state index contributed by atoms with van der Waals surface area (Å²) < 4.78 is 0. The van der Waals surface area contributed by atoms with Gasteiger partial charge in [0.25, 0.3) is 0 Å². The zero-order chi connectivity index (χ0) is 21.0. The number of carbonyl (C=O) groups excluding carboxylic acids is 1. The van der Waals surface area contributed by atoms with E-state index in [-0.39, 0.29) is 18.1 Å². The Morgan fingerprint density at radius 3 is 2.52 bits per heavy atom. The van der Waals surface area contributed by atoms with E-state index in [0.717, 1.165) is 37.1 Å². The normalized spacial score (nSPS) is 18.8. The van der Waals surface area contributed by atoms with Crippen LogP contribution in [0.4, 0.5) is 22.2 Å². The van der Waals surface area contributed by atoms with Crippen LogP contribution in [-0.2, 0) is 0 Å². The maximum Gasteiger partial charge on any atom is 0.319 e. The number of aromatic nitrogens is 2. The molecule has 9 heteroatoms. The molecule has 0 unspecified atom stereocenters. The summed E-state index contributed by atoms with van der Waals surface area (Å²) in [6.07, 6.45) is 5.44. The maximum atomic E-state index is 12.3. The minimum absolute atomic E-state index is 0.113. The molecule has 0 bridgehead atoms. The molecular weight excluding hydrogens is 411 g/mol. The van der Waals surface area contributed by atoms with Crippen LogP contribution < -0.4 is 20.9 Å². The van der Waals surface area contributed by atoms with Crippen LogP contribution in [0, 0.1) is 6.92 Å². The second kappa shape index (κ2) is 9.50. The third kappa shape index (κ3) is 5.87. The predicted octanol–water partition coefficient (Wildman–Crippen LogP) is 4.70. The molecule has 3 rings (SSSR count). The number of rotatable bonds is 5. The number of hydrogen-bond donors (Lipinski definition) is 3. The van der Waals surface area contributed by atoms with Crippen molar-refractivity contribution in [2.45, 2.75) is 44.7 Å². The molecule has 1 aliphatic carbocycles. The molecule has 1 heterocycles. The van der Waals surface area contributed by atoms with Crippen molar-refractivity contribution < 1.29 is 4.79 Å². The molecule has 1 fully saturated rings. The van der Waals surface area contributed by atoms with Crippen LogP contribution >= 0.6 is 23.2 Å². The molecule has 0 atom stereocenters. The first-order valence-electron chi connectivity index (χ1n) is 9.62. The first-order valence-corrected chi connectivity index (χ1v) is 10.4. The molecule has 1 aliphatic rings. The number of anilines is 3. The van der Waals surface area contributed by atoms with Crippen molar-refractivity contribution >= 4 is 46.7 Å². The average Bonchev–Trinajstić information content (AvgIpc) is 2.67. The van der Waals surface area contributed by atoms with Crippen LogP contribution in [0.3, 0.4) is 0 Å². The Morgan fingerprint density at radius 2 is 1.83 bits per heavy atom. The second-order valence-electron chi connectivity index (χ2n) is 7.51. The Balaban J connectivity index is 1.48. The molecule has 0 radical (unpaired) electrons. The third-order valence-corrected chi connectivity index (χ3v) is 5.51. The van der Waals surface area contributed by atoms with Gasteiger partial charge in [-0.2, -0.15) is 4.98 Å². The molecule has 2 aromatic rings. The van der Waals surface area contributed by atoms with Gasteiger partial charge in [0.1, 0.15) is 5.82 Å². The SMILES string of the molecule is Cc1cnc(N[C@H]2CC[C@@H](NC(=O)Nc3cc(Cl)ccc3Cl)CC2)nc1N(C)C. The summed E-state index contributed by atoms with van der Waals surface area (Å²) in [6, 6.07) is 5.10. The maximum absolute atomic E-state index is 12.3. The lowest BCUT2D eigenvalue weighted by atomic mass is 9.91. The zero-order valence-electron chi connectivity index (χ0n) is 16.8. The molecule has 29 heavy (non-hydrogen) atoms. The summed E-state index contributed by atoms with van der Waals surface area (Å²) in [5.74, 6) is 1.55. The molecular formula is C20H26Cl2N6O. The van der Waals surface area contributed by atoms with Gasteiger partial charge in [-0.15, -0.1) is 0 Å². The van der Waals surface area contributed by atoms with Gasteiger partial charge in [-0.3, -0.25) is 0 Å². The Labute approximate surface area is 181 Å². The number of hydrogen-bond acceptors (Lipinski definition) is 5. The monoisotopic (exact) mass is 436 g/mol. The van der Waals surface area contributed by atoms with E-state index < -0.39 is 0 Å². The van der Waals surface area contributed by atoms with Crippen molar-refractivity contribution in [3.63, 3.8) is 0 Å². The van der Waals surface area contributed by atoms with Gasteiger partial charge in [-0.1, -0.05) is 23.2 Å². The van der Waals surface area contributed by atoms with E-state index in [1.807, 2.05) is 32.1 Å². The van der Waals surface area contributed by atoms with E-state index in [1.54, 1.807) is 18.2 Å². The quantitative estimate of drug-likeness (QED) is 0.632. The van der Waals surface area contributed by atoms with Gasteiger partial charge in [0, 0.05) is 43.0 Å². The largest absolute Gasteiger partial charge is 0.362 e. The molecule has 0 aliphatic heterocycles. The number of aryl methyl sites for hydroxylation is 1. The number of benzene rings is 1. The fourth-order valence-electron chi connectivity index (χ4n) is 3.46. The summed E-state index contributed by atoms with van der Waals surface area (Å²) >= 11 is 12.1. The number of halogens is 2. The lowest BCUT2D eigenvalue weighted by molar-refractivity contribution is 0.243. The number of nitrogens with zero attached hydrogens (tertiary/aromatic N) is 3. The van der Waals surface area contributed by atoms with Crippen molar-refractivity contribution in [1.82, 2.24) is 15.3 Å². The summed E-state index contributed by atoms with van der Waals surface area (Å²) in [5.41, 5.74) is 1.54. The van der Waals surface area contributed by atoms with E-state index in [2.05, 4.69) is 25.9 Å². The number of amides is 2. The van der Waals surface area contributed by atoms with Gasteiger partial charge in [0.05, 0.1) is 10.7 Å². The van der Waals surface area contributed by atoms with Crippen LogP contribution in [0.15, 0.2) is 24.4 Å². The smallest absolute Gasteiger partial charge is 0.319 e. The van der Waals surface area contributed by atoms with Crippen molar-refractivity contribution in [2.75, 3.05) is 29.6 Å². The Hall–Kier alpha value is -2.25. The Kier molecular flexibility index (Phi) is 7.03. The van der Waals surface area contributed by atoms with E-state index >= 15 is 0 Å². The molecule has 1 aromatic carbocycles. The fourth-order valence-corrected chi connectivity index (χ4v) is 3.79. The van der Waals surface area contributed by atoms with Gasteiger partial charge >= 0.3 is 6.03 Å². The van der Waals surface area contributed by atoms with E-state index in [4.69, 9.17) is 23.2 Å². The van der Waals surface area contributed by atoms with Gasteiger partial charge in [0.2, 0.25) is 5.95 Å². The molecule has 7 nitrogen and oxygen atoms in total. The van der Waals surface area contributed by atoms with Crippen LogP contribution in [0.2, 0.25) is 10.0 Å². The number of nitrogens with one attached hydrogen (secondary N) is 3. The summed E-state index contributed by atoms with van der Waals surface area (Å²) in [5, 5.41) is 10.2. The van der Waals surface area contributed by atoms with Crippen molar-refractivity contribution in [2.24, 2.45) is 0 Å². The molecule has 156 valence electrons. The lowest BCUT2D eigenvalue weighted by Gasteiger charge is -2.30. The molecule has 3 N–H and O–H groups in total. The Bertz CT molecular complexity index is 868. The van der Waals surface area contributed by atoms with Gasteiger partial charge in [-0.25, -0.2) is 9.78 Å². The first-order chi connectivity index (χ1) is 13.8. The summed E-state index contributed by atoms with van der Waals surface area (Å²) in [7, 11) is 3.94. The standard InChI is InChI=1S/C20H26Cl2N6O/c1-12-11-23-19(27-18(12)28(2)3)24-14-5-7-15(8-6-14)25-20(29)26-17-10-13(21)4-9-16(17)22/h4,9-11,14-15H,5-8H2,1-3H3,(H,23,24,27)(H2,25,26,29)/t14-,15+. The minimum atomic E-state index is -0.275. The number of urea groups is 1.